The van der Waals surface area contributed by atoms with Gasteiger partial charge in [0.1, 0.15) is 6.17 Å². The van der Waals surface area contributed by atoms with Gasteiger partial charge in [0.15, 0.2) is 6.17 Å². The Bertz CT molecular complexity index is 399. The summed E-state index contributed by atoms with van der Waals surface area (Å²) in [6, 6.07) is 0. The van der Waals surface area contributed by atoms with Crippen LogP contribution >= 0.6 is 0 Å². The average molecular weight is 357 g/mol. The lowest BCUT2D eigenvalue weighted by Crippen LogP contribution is -2.49. The topological polar surface area (TPSA) is 9.23 Å². The highest BCUT2D eigenvalue weighted by Crippen LogP contribution is 2.48. The first-order chi connectivity index (χ1) is 12.0. The summed E-state index contributed by atoms with van der Waals surface area (Å²) in [5, 5.41) is 0. The van der Waals surface area contributed by atoms with Gasteiger partial charge in [-0.2, -0.15) is 0 Å². The Morgan fingerprint density at radius 3 is 1.84 bits per heavy atom. The first-order valence-corrected chi connectivity index (χ1v) is 10.9. The SMILES string of the molecule is CCOC1CC(C)C(C2CCC(C3CCC(C)CC3)CC2)C(F)C1F. The van der Waals surface area contributed by atoms with Crippen molar-refractivity contribution in [2.24, 2.45) is 35.5 Å². The van der Waals surface area contributed by atoms with Crippen molar-refractivity contribution in [2.45, 2.75) is 97.0 Å². The highest BCUT2D eigenvalue weighted by molar-refractivity contribution is 4.96. The van der Waals surface area contributed by atoms with Gasteiger partial charge in [-0.1, -0.05) is 26.7 Å². The molecule has 0 aliphatic heterocycles. The number of rotatable bonds is 4. The summed E-state index contributed by atoms with van der Waals surface area (Å²) in [5.74, 6) is 3.17. The van der Waals surface area contributed by atoms with E-state index in [1.165, 1.54) is 38.5 Å². The van der Waals surface area contributed by atoms with E-state index in [-0.39, 0.29) is 11.8 Å². The fraction of sp³-hybridized carbons (Fsp3) is 1.00. The van der Waals surface area contributed by atoms with E-state index >= 15 is 0 Å². The zero-order valence-electron chi connectivity index (χ0n) is 16.4. The summed E-state index contributed by atoms with van der Waals surface area (Å²) < 4.78 is 34.9. The first-order valence-electron chi connectivity index (χ1n) is 10.9. The van der Waals surface area contributed by atoms with Crippen molar-refractivity contribution in [2.75, 3.05) is 6.61 Å². The summed E-state index contributed by atoms with van der Waals surface area (Å²) in [6.07, 6.45) is 7.64. The third-order valence-corrected chi connectivity index (χ3v) is 7.76. The highest BCUT2D eigenvalue weighted by atomic mass is 19.2. The largest absolute Gasteiger partial charge is 0.375 e. The van der Waals surface area contributed by atoms with Crippen molar-refractivity contribution in [1.82, 2.24) is 0 Å². The second kappa shape index (κ2) is 8.67. The minimum absolute atomic E-state index is 0.0981. The Kier molecular flexibility index (Phi) is 6.79. The number of hydrogen-bond donors (Lipinski definition) is 0. The maximum Gasteiger partial charge on any atom is 0.157 e. The molecule has 3 fully saturated rings. The summed E-state index contributed by atoms with van der Waals surface area (Å²) >= 11 is 0. The third kappa shape index (κ3) is 4.39. The molecule has 0 N–H and O–H groups in total. The van der Waals surface area contributed by atoms with E-state index < -0.39 is 18.4 Å². The van der Waals surface area contributed by atoms with Crippen LogP contribution in [0.25, 0.3) is 0 Å². The van der Waals surface area contributed by atoms with Crippen LogP contribution in [0.1, 0.15) is 78.6 Å². The molecular weight excluding hydrogens is 318 g/mol. The van der Waals surface area contributed by atoms with Crippen LogP contribution in [0.2, 0.25) is 0 Å². The van der Waals surface area contributed by atoms with Gasteiger partial charge in [-0.15, -0.1) is 0 Å². The van der Waals surface area contributed by atoms with Crippen molar-refractivity contribution >= 4 is 0 Å². The number of ether oxygens (including phenoxy) is 1. The molecule has 3 saturated carbocycles. The molecule has 0 radical (unpaired) electrons. The molecule has 25 heavy (non-hydrogen) atoms. The van der Waals surface area contributed by atoms with Gasteiger partial charge in [0, 0.05) is 6.61 Å². The summed E-state index contributed by atoms with van der Waals surface area (Å²) in [6.45, 7) is 6.83. The van der Waals surface area contributed by atoms with E-state index in [0.717, 1.165) is 30.6 Å². The van der Waals surface area contributed by atoms with Gasteiger partial charge in [0.2, 0.25) is 0 Å². The first kappa shape index (κ1) is 19.6. The van der Waals surface area contributed by atoms with E-state index in [1.54, 1.807) is 0 Å². The Labute approximate surface area is 153 Å². The fourth-order valence-corrected chi connectivity index (χ4v) is 6.24. The molecule has 5 atom stereocenters. The Morgan fingerprint density at radius 2 is 1.28 bits per heavy atom. The van der Waals surface area contributed by atoms with Crippen LogP contribution in [-0.2, 0) is 4.74 Å². The molecule has 3 rings (SSSR count). The number of alkyl halides is 2. The van der Waals surface area contributed by atoms with Gasteiger partial charge < -0.3 is 4.74 Å². The van der Waals surface area contributed by atoms with Gasteiger partial charge in [-0.3, -0.25) is 0 Å². The molecule has 0 saturated heterocycles. The predicted molar refractivity (Wildman–Crippen MR) is 99.0 cm³/mol. The minimum atomic E-state index is -1.43. The van der Waals surface area contributed by atoms with E-state index in [0.29, 0.717) is 18.9 Å². The van der Waals surface area contributed by atoms with Crippen LogP contribution in [0, 0.1) is 35.5 Å². The van der Waals surface area contributed by atoms with Crippen molar-refractivity contribution < 1.29 is 13.5 Å². The molecular formula is C22H38F2O. The van der Waals surface area contributed by atoms with E-state index in [2.05, 4.69) is 13.8 Å². The van der Waals surface area contributed by atoms with Crippen molar-refractivity contribution in [3.05, 3.63) is 0 Å². The van der Waals surface area contributed by atoms with Crippen molar-refractivity contribution in [1.29, 1.82) is 0 Å². The molecule has 3 heteroatoms. The van der Waals surface area contributed by atoms with Gasteiger partial charge in [-0.25, -0.2) is 8.78 Å². The standard InChI is InChI=1S/C22H38F2O/c1-4-25-19-13-15(3)20(22(24)21(19)23)18-11-9-17(10-12-18)16-7-5-14(2)6-8-16/h14-22H,4-13H2,1-3H3. The van der Waals surface area contributed by atoms with E-state index in [1.807, 2.05) is 6.92 Å². The Morgan fingerprint density at radius 1 is 0.760 bits per heavy atom. The molecule has 146 valence electrons. The molecule has 5 unspecified atom stereocenters. The Hall–Kier alpha value is -0.180. The third-order valence-electron chi connectivity index (χ3n) is 7.76. The summed E-state index contributed by atoms with van der Waals surface area (Å²) in [4.78, 5) is 0. The second-order valence-corrected chi connectivity index (χ2v) is 9.37. The van der Waals surface area contributed by atoms with Gasteiger partial charge in [0.05, 0.1) is 6.10 Å². The van der Waals surface area contributed by atoms with Gasteiger partial charge in [-0.05, 0) is 87.4 Å². The fourth-order valence-electron chi connectivity index (χ4n) is 6.24. The lowest BCUT2D eigenvalue weighted by atomic mass is 9.62. The highest BCUT2D eigenvalue weighted by Gasteiger charge is 2.48. The van der Waals surface area contributed by atoms with Gasteiger partial charge >= 0.3 is 0 Å². The average Bonchev–Trinajstić information content (AvgIpc) is 2.61. The smallest absolute Gasteiger partial charge is 0.157 e. The normalized spacial score (nSPS) is 49.1. The molecule has 0 aromatic rings. The van der Waals surface area contributed by atoms with Crippen LogP contribution in [0.4, 0.5) is 8.78 Å². The number of halogens is 2. The molecule has 0 spiro atoms. The monoisotopic (exact) mass is 356 g/mol. The zero-order valence-corrected chi connectivity index (χ0v) is 16.4. The van der Waals surface area contributed by atoms with Gasteiger partial charge in [0.25, 0.3) is 0 Å². The Balaban J connectivity index is 1.53. The van der Waals surface area contributed by atoms with Crippen molar-refractivity contribution in [3.63, 3.8) is 0 Å². The summed E-state index contributed by atoms with van der Waals surface area (Å²) in [7, 11) is 0. The molecule has 3 aliphatic rings. The quantitative estimate of drug-likeness (QED) is 0.570. The maximum absolute atomic E-state index is 14.9. The van der Waals surface area contributed by atoms with Crippen LogP contribution in [0.15, 0.2) is 0 Å². The van der Waals surface area contributed by atoms with Crippen LogP contribution in [0.3, 0.4) is 0 Å². The zero-order chi connectivity index (χ0) is 18.0. The minimum Gasteiger partial charge on any atom is -0.375 e. The molecule has 0 amide bonds. The van der Waals surface area contributed by atoms with E-state index in [9.17, 15) is 8.78 Å². The molecule has 1 nitrogen and oxygen atoms in total. The molecule has 3 aliphatic carbocycles. The molecule has 0 bridgehead atoms. The lowest BCUT2D eigenvalue weighted by molar-refractivity contribution is -0.106. The van der Waals surface area contributed by atoms with E-state index in [4.69, 9.17) is 4.74 Å². The summed E-state index contributed by atoms with van der Waals surface area (Å²) in [5.41, 5.74) is 0. The van der Waals surface area contributed by atoms with Crippen LogP contribution in [0.5, 0.6) is 0 Å². The maximum atomic E-state index is 14.9. The molecule has 0 aromatic carbocycles. The molecule has 0 aromatic heterocycles. The predicted octanol–water partition coefficient (Wildman–Crippen LogP) is 6.36. The second-order valence-electron chi connectivity index (χ2n) is 9.37. The molecule has 0 heterocycles. The number of hydrogen-bond acceptors (Lipinski definition) is 1. The van der Waals surface area contributed by atoms with Crippen LogP contribution in [-0.4, -0.2) is 25.1 Å². The van der Waals surface area contributed by atoms with Crippen LogP contribution < -0.4 is 0 Å². The van der Waals surface area contributed by atoms with Crippen molar-refractivity contribution in [3.8, 4) is 0 Å². The lowest BCUT2D eigenvalue weighted by Gasteiger charge is -2.46.